The van der Waals surface area contributed by atoms with Crippen molar-refractivity contribution in [2.75, 3.05) is 6.54 Å². The monoisotopic (exact) mass is 181 g/mol. The van der Waals surface area contributed by atoms with Gasteiger partial charge in [0.25, 0.3) is 0 Å². The van der Waals surface area contributed by atoms with Gasteiger partial charge < -0.3 is 0 Å². The van der Waals surface area contributed by atoms with Gasteiger partial charge in [-0.1, -0.05) is 12.8 Å². The first-order valence-corrected chi connectivity index (χ1v) is 5.47. The van der Waals surface area contributed by atoms with E-state index in [1.54, 1.807) is 0 Å². The minimum atomic E-state index is -0.0197. The smallest absolute Gasteiger partial charge is 0.154 e. The van der Waals surface area contributed by atoms with Crippen LogP contribution in [-0.2, 0) is 4.79 Å². The average molecular weight is 181 g/mol. The summed E-state index contributed by atoms with van der Waals surface area (Å²) in [5, 5.41) is 0. The van der Waals surface area contributed by atoms with Gasteiger partial charge in [-0.25, -0.2) is 0 Å². The summed E-state index contributed by atoms with van der Waals surface area (Å²) in [5.74, 6) is 0.513. The van der Waals surface area contributed by atoms with Crippen LogP contribution in [0.1, 0.15) is 46.0 Å². The molecule has 0 atom stereocenters. The van der Waals surface area contributed by atoms with E-state index in [0.29, 0.717) is 11.8 Å². The van der Waals surface area contributed by atoms with Crippen LogP contribution in [0.25, 0.3) is 0 Å². The molecule has 1 aliphatic heterocycles. The topological polar surface area (TPSA) is 20.3 Å². The fourth-order valence-electron chi connectivity index (χ4n) is 3.11. The molecule has 0 aromatic heterocycles. The number of rotatable bonds is 1. The van der Waals surface area contributed by atoms with E-state index in [4.69, 9.17) is 0 Å². The third-order valence-corrected chi connectivity index (χ3v) is 3.70. The summed E-state index contributed by atoms with van der Waals surface area (Å²) in [7, 11) is 0. The molecule has 74 valence electrons. The minimum absolute atomic E-state index is 0.0197. The summed E-state index contributed by atoms with van der Waals surface area (Å²) in [6, 6.07) is 0.532. The van der Waals surface area contributed by atoms with Gasteiger partial charge in [-0.2, -0.15) is 0 Å². The van der Waals surface area contributed by atoms with Crippen LogP contribution in [0, 0.1) is 0 Å². The van der Waals surface area contributed by atoms with Crippen molar-refractivity contribution in [1.29, 1.82) is 0 Å². The van der Waals surface area contributed by atoms with Crippen LogP contribution in [0.15, 0.2) is 0 Å². The Hall–Kier alpha value is -0.370. The lowest BCUT2D eigenvalue weighted by Crippen LogP contribution is -2.49. The van der Waals surface area contributed by atoms with E-state index in [1.807, 2.05) is 0 Å². The molecule has 0 amide bonds. The number of nitrogens with zero attached hydrogens (tertiary/aromatic N) is 1. The second kappa shape index (κ2) is 3.09. The molecule has 1 spiro atoms. The molecule has 13 heavy (non-hydrogen) atoms. The van der Waals surface area contributed by atoms with Gasteiger partial charge in [-0.15, -0.1) is 0 Å². The summed E-state index contributed by atoms with van der Waals surface area (Å²) in [5.41, 5.74) is -0.0197. The normalized spacial score (nSPS) is 28.1. The Balaban J connectivity index is 2.25. The van der Waals surface area contributed by atoms with Crippen molar-refractivity contribution in [3.8, 4) is 0 Å². The molecule has 1 heterocycles. The zero-order valence-electron chi connectivity index (χ0n) is 8.68. The van der Waals surface area contributed by atoms with Crippen LogP contribution in [0.4, 0.5) is 0 Å². The van der Waals surface area contributed by atoms with Gasteiger partial charge in [-0.3, -0.25) is 9.69 Å². The Morgan fingerprint density at radius 3 is 2.46 bits per heavy atom. The van der Waals surface area contributed by atoms with E-state index in [9.17, 15) is 4.79 Å². The van der Waals surface area contributed by atoms with Crippen molar-refractivity contribution < 1.29 is 4.79 Å². The van der Waals surface area contributed by atoms with Gasteiger partial charge in [0.05, 0.1) is 5.54 Å². The maximum atomic E-state index is 11.9. The molecular formula is C11H19NO. The molecule has 2 rings (SSSR count). The SMILES string of the molecule is CC(C)N1CCC(=O)C12CCCC2. The first-order chi connectivity index (χ1) is 6.17. The Morgan fingerprint density at radius 2 is 1.92 bits per heavy atom. The van der Waals surface area contributed by atoms with Crippen molar-refractivity contribution >= 4 is 5.78 Å². The van der Waals surface area contributed by atoms with E-state index >= 15 is 0 Å². The molecule has 1 saturated heterocycles. The maximum Gasteiger partial charge on any atom is 0.154 e. The summed E-state index contributed by atoms with van der Waals surface area (Å²) in [6.07, 6.45) is 5.51. The van der Waals surface area contributed by atoms with Crippen LogP contribution in [0.2, 0.25) is 0 Å². The van der Waals surface area contributed by atoms with Crippen LogP contribution in [-0.4, -0.2) is 28.8 Å². The highest BCUT2D eigenvalue weighted by Gasteiger charge is 2.50. The summed E-state index contributed by atoms with van der Waals surface area (Å²) in [6.45, 7) is 5.41. The quantitative estimate of drug-likeness (QED) is 0.616. The van der Waals surface area contributed by atoms with Crippen LogP contribution in [0.5, 0.6) is 0 Å². The third-order valence-electron chi connectivity index (χ3n) is 3.70. The number of hydrogen-bond acceptors (Lipinski definition) is 2. The van der Waals surface area contributed by atoms with Crippen LogP contribution >= 0.6 is 0 Å². The van der Waals surface area contributed by atoms with Gasteiger partial charge in [0.15, 0.2) is 5.78 Å². The number of ketones is 1. The number of likely N-dealkylation sites (tertiary alicyclic amines) is 1. The molecule has 2 heteroatoms. The van der Waals surface area contributed by atoms with Crippen LogP contribution < -0.4 is 0 Å². The second-order valence-electron chi connectivity index (χ2n) is 4.70. The molecule has 0 N–H and O–H groups in total. The average Bonchev–Trinajstić information content (AvgIpc) is 2.64. The summed E-state index contributed by atoms with van der Waals surface area (Å²) >= 11 is 0. The van der Waals surface area contributed by atoms with Gasteiger partial charge in [0.1, 0.15) is 0 Å². The Labute approximate surface area is 80.3 Å². The molecule has 2 nitrogen and oxygen atoms in total. The third kappa shape index (κ3) is 1.23. The standard InChI is InChI=1S/C11H19NO/c1-9(2)12-8-5-10(13)11(12)6-3-4-7-11/h9H,3-8H2,1-2H3. The van der Waals surface area contributed by atoms with Crippen molar-refractivity contribution in [2.45, 2.75) is 57.5 Å². The number of Topliss-reactive ketones (excluding diaryl/α,β-unsaturated/α-hetero) is 1. The lowest BCUT2D eigenvalue weighted by Gasteiger charge is -2.36. The Bertz CT molecular complexity index is 216. The van der Waals surface area contributed by atoms with Crippen LogP contribution in [0.3, 0.4) is 0 Å². The fourth-order valence-corrected chi connectivity index (χ4v) is 3.11. The van der Waals surface area contributed by atoms with Gasteiger partial charge in [-0.05, 0) is 26.7 Å². The zero-order valence-corrected chi connectivity index (χ0v) is 8.68. The molecular weight excluding hydrogens is 162 g/mol. The maximum absolute atomic E-state index is 11.9. The van der Waals surface area contributed by atoms with Gasteiger partial charge in [0.2, 0.25) is 0 Å². The first kappa shape index (κ1) is 9.20. The molecule has 2 fully saturated rings. The molecule has 0 unspecified atom stereocenters. The predicted octanol–water partition coefficient (Wildman–Crippen LogP) is 1.98. The number of hydrogen-bond donors (Lipinski definition) is 0. The molecule has 1 saturated carbocycles. The highest BCUT2D eigenvalue weighted by atomic mass is 16.1. The summed E-state index contributed by atoms with van der Waals surface area (Å²) < 4.78 is 0. The first-order valence-electron chi connectivity index (χ1n) is 5.47. The summed E-state index contributed by atoms with van der Waals surface area (Å²) in [4.78, 5) is 14.3. The van der Waals surface area contributed by atoms with Crippen molar-refractivity contribution in [3.05, 3.63) is 0 Å². The van der Waals surface area contributed by atoms with E-state index in [-0.39, 0.29) is 5.54 Å². The lowest BCUT2D eigenvalue weighted by atomic mass is 9.92. The molecule has 0 bridgehead atoms. The highest BCUT2D eigenvalue weighted by molar-refractivity contribution is 5.91. The fraction of sp³-hybridized carbons (Fsp3) is 0.909. The predicted molar refractivity (Wildman–Crippen MR) is 52.7 cm³/mol. The van der Waals surface area contributed by atoms with E-state index < -0.39 is 0 Å². The van der Waals surface area contributed by atoms with Crippen molar-refractivity contribution in [2.24, 2.45) is 0 Å². The molecule has 1 aliphatic carbocycles. The van der Waals surface area contributed by atoms with Crippen molar-refractivity contribution in [3.63, 3.8) is 0 Å². The van der Waals surface area contributed by atoms with Gasteiger partial charge in [0, 0.05) is 19.0 Å². The zero-order chi connectivity index (χ0) is 9.47. The Morgan fingerprint density at radius 1 is 1.31 bits per heavy atom. The molecule has 0 aromatic carbocycles. The Kier molecular flexibility index (Phi) is 2.18. The second-order valence-corrected chi connectivity index (χ2v) is 4.70. The van der Waals surface area contributed by atoms with E-state index in [0.717, 1.165) is 25.8 Å². The number of carbonyl (C=O) groups excluding carboxylic acids is 1. The number of carbonyl (C=O) groups is 1. The molecule has 0 radical (unpaired) electrons. The largest absolute Gasteiger partial charge is 0.298 e. The molecule has 0 aromatic rings. The van der Waals surface area contributed by atoms with E-state index in [1.165, 1.54) is 12.8 Å². The van der Waals surface area contributed by atoms with Crippen molar-refractivity contribution in [1.82, 2.24) is 4.90 Å². The minimum Gasteiger partial charge on any atom is -0.298 e. The van der Waals surface area contributed by atoms with Gasteiger partial charge >= 0.3 is 0 Å². The highest BCUT2D eigenvalue weighted by Crippen LogP contribution is 2.41. The lowest BCUT2D eigenvalue weighted by molar-refractivity contribution is -0.125. The van der Waals surface area contributed by atoms with E-state index in [2.05, 4.69) is 18.7 Å². The molecule has 2 aliphatic rings.